The highest BCUT2D eigenvalue weighted by molar-refractivity contribution is 7.77. The highest BCUT2D eigenvalue weighted by atomic mass is 32.2. The fourth-order valence-corrected chi connectivity index (χ4v) is 2.03. The van der Waals surface area contributed by atoms with Crippen LogP contribution in [0.15, 0.2) is 42.5 Å². The first-order valence-electron chi connectivity index (χ1n) is 6.24. The van der Waals surface area contributed by atoms with Crippen LogP contribution in [0, 0.1) is 0 Å². The summed E-state index contributed by atoms with van der Waals surface area (Å²) in [4.78, 5) is 2.14. The van der Waals surface area contributed by atoms with E-state index in [1.807, 2.05) is 0 Å². The number of anilines is 1. The SMILES string of the molecule is CN(C)c1cccc2ccccc12.NCCNS(=O)[O-]. The van der Waals surface area contributed by atoms with Gasteiger partial charge in [-0.3, -0.25) is 4.21 Å². The van der Waals surface area contributed by atoms with Crippen LogP contribution in [0.25, 0.3) is 10.8 Å². The monoisotopic (exact) mass is 294 g/mol. The number of benzene rings is 2. The number of nitrogens with one attached hydrogen (secondary N) is 1. The standard InChI is InChI=1S/C12H13N.C2H8N2O2S/c1-13(2)12-9-5-7-10-6-3-4-8-11(10)12;3-1-2-4-7(5)6/h3-9H,1-2H3;4H,1-3H2,(H,5,6)/p-1. The maximum atomic E-state index is 9.59. The molecule has 3 N–H and O–H groups in total. The lowest BCUT2D eigenvalue weighted by atomic mass is 10.1. The van der Waals surface area contributed by atoms with Gasteiger partial charge in [0.05, 0.1) is 0 Å². The third kappa shape index (κ3) is 5.26. The Morgan fingerprint density at radius 2 is 1.85 bits per heavy atom. The minimum Gasteiger partial charge on any atom is -0.760 e. The number of fused-ring (bicyclic) bond motifs is 1. The summed E-state index contributed by atoms with van der Waals surface area (Å²) in [6, 6.07) is 14.8. The summed E-state index contributed by atoms with van der Waals surface area (Å²) in [5, 5.41) is 2.61. The summed E-state index contributed by atoms with van der Waals surface area (Å²) in [5.74, 6) is 0. The largest absolute Gasteiger partial charge is 0.760 e. The van der Waals surface area contributed by atoms with Crippen molar-refractivity contribution in [2.24, 2.45) is 5.73 Å². The van der Waals surface area contributed by atoms with Gasteiger partial charge < -0.3 is 15.2 Å². The Balaban J connectivity index is 0.000000246. The van der Waals surface area contributed by atoms with E-state index in [1.54, 1.807) is 0 Å². The van der Waals surface area contributed by atoms with Crippen LogP contribution in [0.2, 0.25) is 0 Å². The molecule has 6 heteroatoms. The summed E-state index contributed by atoms with van der Waals surface area (Å²) in [6.45, 7) is 0.657. The Morgan fingerprint density at radius 3 is 2.40 bits per heavy atom. The van der Waals surface area contributed by atoms with E-state index in [0.29, 0.717) is 13.1 Å². The number of nitrogens with zero attached hydrogens (tertiary/aromatic N) is 1. The second-order valence-corrected chi connectivity index (χ2v) is 5.07. The minimum absolute atomic E-state index is 0.316. The van der Waals surface area contributed by atoms with Crippen molar-refractivity contribution in [1.82, 2.24) is 4.72 Å². The molecule has 0 amide bonds. The number of hydrogen-bond acceptors (Lipinski definition) is 4. The molecular formula is C14H20N3O2S-. The van der Waals surface area contributed by atoms with Gasteiger partial charge >= 0.3 is 0 Å². The molecule has 0 aliphatic carbocycles. The molecule has 2 aromatic carbocycles. The van der Waals surface area contributed by atoms with Crippen molar-refractivity contribution in [3.63, 3.8) is 0 Å². The molecular weight excluding hydrogens is 274 g/mol. The third-order valence-electron chi connectivity index (χ3n) is 2.61. The molecule has 0 aliphatic heterocycles. The van der Waals surface area contributed by atoms with Gasteiger partial charge in [-0.15, -0.1) is 0 Å². The summed E-state index contributed by atoms with van der Waals surface area (Å²) < 4.78 is 21.3. The van der Waals surface area contributed by atoms with Crippen LogP contribution in [0.5, 0.6) is 0 Å². The minimum atomic E-state index is -2.15. The Hall–Kier alpha value is -1.47. The first-order chi connectivity index (χ1) is 9.56. The van der Waals surface area contributed by atoms with Crippen LogP contribution < -0.4 is 15.4 Å². The van der Waals surface area contributed by atoms with Crippen molar-refractivity contribution >= 4 is 27.7 Å². The third-order valence-corrected chi connectivity index (χ3v) is 3.05. The molecule has 5 nitrogen and oxygen atoms in total. The van der Waals surface area contributed by atoms with Crippen LogP contribution in [-0.4, -0.2) is 35.9 Å². The van der Waals surface area contributed by atoms with Crippen LogP contribution >= 0.6 is 0 Å². The van der Waals surface area contributed by atoms with Crippen molar-refractivity contribution in [3.05, 3.63) is 42.5 Å². The molecule has 0 bridgehead atoms. The van der Waals surface area contributed by atoms with E-state index in [4.69, 9.17) is 5.73 Å². The number of rotatable bonds is 4. The second-order valence-electron chi connectivity index (χ2n) is 4.31. The topological polar surface area (TPSA) is 81.4 Å². The molecule has 1 atom stereocenters. The molecule has 0 radical (unpaired) electrons. The Kier molecular flexibility index (Phi) is 7.17. The van der Waals surface area contributed by atoms with Gasteiger partial charge in [0, 0.05) is 49.5 Å². The summed E-state index contributed by atoms with van der Waals surface area (Å²) in [6.07, 6.45) is 0. The van der Waals surface area contributed by atoms with Crippen molar-refractivity contribution in [1.29, 1.82) is 0 Å². The molecule has 0 spiro atoms. The Labute approximate surface area is 122 Å². The summed E-state index contributed by atoms with van der Waals surface area (Å²) in [5.41, 5.74) is 6.22. The molecule has 0 saturated heterocycles. The van der Waals surface area contributed by atoms with E-state index in [1.165, 1.54) is 16.5 Å². The molecule has 0 aliphatic rings. The zero-order chi connectivity index (χ0) is 15.0. The van der Waals surface area contributed by atoms with Gasteiger partial charge in [0.2, 0.25) is 0 Å². The van der Waals surface area contributed by atoms with Gasteiger partial charge in [0.1, 0.15) is 0 Å². The zero-order valence-electron chi connectivity index (χ0n) is 11.7. The lowest BCUT2D eigenvalue weighted by Crippen LogP contribution is -2.23. The van der Waals surface area contributed by atoms with Gasteiger partial charge in [-0.25, -0.2) is 4.72 Å². The Morgan fingerprint density at radius 1 is 1.20 bits per heavy atom. The predicted molar refractivity (Wildman–Crippen MR) is 84.3 cm³/mol. The smallest absolute Gasteiger partial charge is 0.0440 e. The quantitative estimate of drug-likeness (QED) is 0.831. The molecule has 0 saturated carbocycles. The van der Waals surface area contributed by atoms with E-state index in [2.05, 4.69) is 66.2 Å². The first-order valence-corrected chi connectivity index (χ1v) is 7.31. The fraction of sp³-hybridized carbons (Fsp3) is 0.286. The van der Waals surface area contributed by atoms with E-state index >= 15 is 0 Å². The molecule has 0 aromatic heterocycles. The second kappa shape index (κ2) is 8.65. The van der Waals surface area contributed by atoms with E-state index in [9.17, 15) is 8.76 Å². The zero-order valence-corrected chi connectivity index (χ0v) is 12.5. The highest BCUT2D eigenvalue weighted by Gasteiger charge is 1.99. The van der Waals surface area contributed by atoms with Gasteiger partial charge in [-0.1, -0.05) is 36.4 Å². The van der Waals surface area contributed by atoms with E-state index in [0.717, 1.165) is 0 Å². The number of nitrogens with two attached hydrogens (primary N) is 1. The lowest BCUT2D eigenvalue weighted by molar-refractivity contribution is 0.523. The van der Waals surface area contributed by atoms with Crippen molar-refractivity contribution in [3.8, 4) is 0 Å². The predicted octanol–water partition coefficient (Wildman–Crippen LogP) is 1.23. The maximum absolute atomic E-state index is 9.59. The summed E-state index contributed by atoms with van der Waals surface area (Å²) >= 11 is -2.15. The first kappa shape index (κ1) is 16.6. The van der Waals surface area contributed by atoms with Crippen LogP contribution in [-0.2, 0) is 11.3 Å². The van der Waals surface area contributed by atoms with Crippen molar-refractivity contribution < 1.29 is 8.76 Å². The van der Waals surface area contributed by atoms with Gasteiger partial charge in [-0.2, -0.15) is 0 Å². The van der Waals surface area contributed by atoms with Crippen molar-refractivity contribution in [2.45, 2.75) is 0 Å². The average Bonchev–Trinajstić information content (AvgIpc) is 2.45. The lowest BCUT2D eigenvalue weighted by Gasteiger charge is -2.14. The fourth-order valence-electron chi connectivity index (χ4n) is 1.74. The Bertz CT molecular complexity index is 556. The van der Waals surface area contributed by atoms with Gasteiger partial charge in [0.25, 0.3) is 0 Å². The van der Waals surface area contributed by atoms with Gasteiger partial charge in [-0.05, 0) is 11.5 Å². The molecule has 1 unspecified atom stereocenters. The highest BCUT2D eigenvalue weighted by Crippen LogP contribution is 2.24. The number of hydrogen-bond donors (Lipinski definition) is 2. The molecule has 2 rings (SSSR count). The summed E-state index contributed by atoms with van der Waals surface area (Å²) in [7, 11) is 4.14. The average molecular weight is 294 g/mol. The molecule has 0 fully saturated rings. The van der Waals surface area contributed by atoms with Crippen molar-refractivity contribution in [2.75, 3.05) is 32.1 Å². The van der Waals surface area contributed by atoms with E-state index < -0.39 is 11.3 Å². The van der Waals surface area contributed by atoms with E-state index in [-0.39, 0.29) is 0 Å². The molecule has 2 aromatic rings. The molecule has 0 heterocycles. The van der Waals surface area contributed by atoms with Crippen LogP contribution in [0.3, 0.4) is 0 Å². The normalized spacial score (nSPS) is 11.6. The van der Waals surface area contributed by atoms with Crippen LogP contribution in [0.4, 0.5) is 5.69 Å². The maximum Gasteiger partial charge on any atom is 0.0440 e. The molecule has 20 heavy (non-hydrogen) atoms. The van der Waals surface area contributed by atoms with Gasteiger partial charge in [0.15, 0.2) is 0 Å². The van der Waals surface area contributed by atoms with Crippen LogP contribution in [0.1, 0.15) is 0 Å². The molecule has 110 valence electrons.